The highest BCUT2D eigenvalue weighted by atomic mass is 32.2. The molecule has 290 valence electrons. The summed E-state index contributed by atoms with van der Waals surface area (Å²) >= 11 is 1.37. The van der Waals surface area contributed by atoms with Crippen LogP contribution in [0.15, 0.2) is 24.3 Å². The minimum atomic E-state index is -0.806. The molecule has 1 aliphatic rings. The lowest BCUT2D eigenvalue weighted by Gasteiger charge is -2.27. The van der Waals surface area contributed by atoms with Crippen LogP contribution >= 0.6 is 11.8 Å². The number of nitrogens with zero attached hydrogens (tertiary/aromatic N) is 2. The van der Waals surface area contributed by atoms with Gasteiger partial charge < -0.3 is 31.3 Å². The predicted molar refractivity (Wildman–Crippen MR) is 201 cm³/mol. The van der Waals surface area contributed by atoms with E-state index in [1.54, 1.807) is 36.2 Å². The molecule has 14 nitrogen and oxygen atoms in total. The van der Waals surface area contributed by atoms with Gasteiger partial charge in [-0.3, -0.25) is 28.9 Å². The number of unbranched alkanes of at least 4 members (excludes halogenated alkanes) is 2. The Balaban J connectivity index is 1.95. The number of hydrogen-bond donors (Lipinski definition) is 4. The zero-order valence-corrected chi connectivity index (χ0v) is 32.5. The van der Waals surface area contributed by atoms with Gasteiger partial charge in [0.15, 0.2) is 5.78 Å². The standard InChI is InChI=1S/C37H58N6O8S/c1-23(2)25(5)42(6)37(50)51-22-26-14-16-28(17-15-26)40-34(47)27(12-11-18-39-36(38)49)20-29(44)33(24(3)4)41-31(45)13-9-8-10-19-43-32(46)21-30(52-7)35(43)48/h14-17,23-25,27,30,33H,8-13,18-22H2,1-7H3,(H,40,47)(H,41,45)(H3,38,39,49)/t25-,27-,30?,33+/m1/s1. The molecule has 1 heterocycles. The third-order valence-corrected chi connectivity index (χ3v) is 10.3. The van der Waals surface area contributed by atoms with Crippen molar-refractivity contribution in [3.05, 3.63) is 29.8 Å². The topological polar surface area (TPSA) is 197 Å². The number of amides is 7. The quantitative estimate of drug-likeness (QED) is 0.0979. The summed E-state index contributed by atoms with van der Waals surface area (Å²) in [4.78, 5) is 90.8. The van der Waals surface area contributed by atoms with E-state index in [1.165, 1.54) is 16.7 Å². The third kappa shape index (κ3) is 14.5. The fourth-order valence-electron chi connectivity index (χ4n) is 5.71. The highest BCUT2D eigenvalue weighted by Gasteiger charge is 2.37. The molecule has 7 amide bonds. The maximum Gasteiger partial charge on any atom is 0.410 e. The molecular formula is C37H58N6O8S. The van der Waals surface area contributed by atoms with Crippen molar-refractivity contribution < 1.29 is 38.3 Å². The largest absolute Gasteiger partial charge is 0.445 e. The molecule has 1 aliphatic heterocycles. The van der Waals surface area contributed by atoms with E-state index >= 15 is 0 Å². The second-order valence-corrected chi connectivity index (χ2v) is 15.1. The second kappa shape index (κ2) is 22.0. The van der Waals surface area contributed by atoms with Gasteiger partial charge in [0.05, 0.1) is 11.3 Å². The summed E-state index contributed by atoms with van der Waals surface area (Å²) in [5.74, 6) is -1.98. The summed E-state index contributed by atoms with van der Waals surface area (Å²) in [5.41, 5.74) is 6.41. The number of imide groups is 1. The fraction of sp³-hybridized carbons (Fsp3) is 0.649. The van der Waals surface area contributed by atoms with Crippen LogP contribution in [0.4, 0.5) is 15.3 Å². The molecule has 1 aromatic carbocycles. The zero-order valence-electron chi connectivity index (χ0n) is 31.7. The van der Waals surface area contributed by atoms with Gasteiger partial charge in [-0.1, -0.05) is 46.2 Å². The van der Waals surface area contributed by atoms with Crippen molar-refractivity contribution >= 4 is 59.0 Å². The predicted octanol–water partition coefficient (Wildman–Crippen LogP) is 4.45. The first kappa shape index (κ1) is 44.0. The third-order valence-electron chi connectivity index (χ3n) is 9.40. The van der Waals surface area contributed by atoms with E-state index in [4.69, 9.17) is 10.5 Å². The van der Waals surface area contributed by atoms with Gasteiger partial charge in [0.25, 0.3) is 0 Å². The monoisotopic (exact) mass is 746 g/mol. The van der Waals surface area contributed by atoms with Crippen LogP contribution < -0.4 is 21.7 Å². The SMILES string of the molecule is CSC1CC(=O)N(CCCCCC(=O)N[C@H](C(=O)C[C@@H](CCCNC(N)=O)C(=O)Nc2ccc(COC(=O)N(C)[C@H](C)C(C)C)cc2)C(C)C)C1=O. The van der Waals surface area contributed by atoms with Crippen LogP contribution in [0.1, 0.15) is 91.5 Å². The van der Waals surface area contributed by atoms with E-state index < -0.39 is 24.1 Å². The van der Waals surface area contributed by atoms with Gasteiger partial charge in [0.2, 0.25) is 23.6 Å². The smallest absolute Gasteiger partial charge is 0.410 e. The molecule has 1 saturated heterocycles. The number of likely N-dealkylation sites (tertiary alicyclic amines) is 1. The maximum absolute atomic E-state index is 13.6. The average molecular weight is 747 g/mol. The van der Waals surface area contributed by atoms with Crippen LogP contribution in [0.3, 0.4) is 0 Å². The van der Waals surface area contributed by atoms with Crippen LogP contribution in [-0.2, 0) is 35.3 Å². The average Bonchev–Trinajstić information content (AvgIpc) is 3.37. The summed E-state index contributed by atoms with van der Waals surface area (Å²) in [5, 5.41) is 7.88. The molecule has 1 fully saturated rings. The van der Waals surface area contributed by atoms with Crippen molar-refractivity contribution in [2.24, 2.45) is 23.5 Å². The Hall–Kier alpha value is -4.14. The Morgan fingerprint density at radius 3 is 2.23 bits per heavy atom. The molecule has 1 unspecified atom stereocenters. The lowest BCUT2D eigenvalue weighted by molar-refractivity contribution is -0.138. The van der Waals surface area contributed by atoms with E-state index in [2.05, 4.69) is 16.0 Å². The van der Waals surface area contributed by atoms with Gasteiger partial charge in [-0.25, -0.2) is 9.59 Å². The highest BCUT2D eigenvalue weighted by molar-refractivity contribution is 8.00. The maximum atomic E-state index is 13.6. The molecule has 0 radical (unpaired) electrons. The molecule has 0 spiro atoms. The number of primary amides is 1. The van der Waals surface area contributed by atoms with Crippen molar-refractivity contribution in [3.63, 3.8) is 0 Å². The summed E-state index contributed by atoms with van der Waals surface area (Å²) in [6.45, 7) is 10.3. The van der Waals surface area contributed by atoms with E-state index in [-0.39, 0.29) is 91.4 Å². The molecule has 52 heavy (non-hydrogen) atoms. The summed E-state index contributed by atoms with van der Waals surface area (Å²) < 4.78 is 5.44. The molecule has 0 aliphatic carbocycles. The first-order chi connectivity index (χ1) is 24.5. The van der Waals surface area contributed by atoms with E-state index in [1.807, 2.05) is 40.9 Å². The number of nitrogens with two attached hydrogens (primary N) is 1. The molecule has 4 atom stereocenters. The fourth-order valence-corrected chi connectivity index (χ4v) is 6.35. The second-order valence-electron chi connectivity index (χ2n) is 14.0. The van der Waals surface area contributed by atoms with Gasteiger partial charge in [-0.2, -0.15) is 11.8 Å². The van der Waals surface area contributed by atoms with Gasteiger partial charge in [0.1, 0.15) is 6.61 Å². The molecule has 1 aromatic rings. The lowest BCUT2D eigenvalue weighted by atomic mass is 9.89. The number of carbonyl (C=O) groups is 7. The van der Waals surface area contributed by atoms with Crippen molar-refractivity contribution in [2.75, 3.05) is 31.7 Å². The minimum Gasteiger partial charge on any atom is -0.445 e. The normalized spacial score (nSPS) is 16.0. The lowest BCUT2D eigenvalue weighted by Crippen LogP contribution is -2.45. The Bertz CT molecular complexity index is 1390. The number of benzene rings is 1. The molecule has 0 saturated carbocycles. The number of urea groups is 1. The number of ketones is 1. The number of hydrogen-bond acceptors (Lipinski definition) is 9. The Morgan fingerprint density at radius 1 is 0.981 bits per heavy atom. The first-order valence-corrected chi connectivity index (χ1v) is 19.4. The van der Waals surface area contributed by atoms with E-state index in [0.717, 1.165) is 5.56 Å². The molecule has 0 bridgehead atoms. The number of anilines is 1. The van der Waals surface area contributed by atoms with Gasteiger partial charge in [-0.05, 0) is 68.4 Å². The van der Waals surface area contributed by atoms with Gasteiger partial charge in [-0.15, -0.1) is 0 Å². The van der Waals surface area contributed by atoms with Crippen LogP contribution in [0.25, 0.3) is 0 Å². The molecule has 15 heteroatoms. The Labute approximate surface area is 312 Å². The molecule has 2 rings (SSSR count). The molecular weight excluding hydrogens is 689 g/mol. The van der Waals surface area contributed by atoms with Crippen molar-refractivity contribution in [2.45, 2.75) is 110 Å². The number of nitrogens with one attached hydrogen (secondary N) is 3. The Kier molecular flexibility index (Phi) is 18.7. The van der Waals surface area contributed by atoms with Crippen LogP contribution in [0.2, 0.25) is 0 Å². The number of ether oxygens (including phenoxy) is 1. The summed E-state index contributed by atoms with van der Waals surface area (Å²) in [7, 11) is 1.70. The zero-order chi connectivity index (χ0) is 39.0. The van der Waals surface area contributed by atoms with Crippen LogP contribution in [0, 0.1) is 17.8 Å². The number of Topliss-reactive ketones (excluding diaryl/α,β-unsaturated/α-hetero) is 1. The van der Waals surface area contributed by atoms with Gasteiger partial charge in [0, 0.05) is 57.0 Å². The van der Waals surface area contributed by atoms with E-state index in [0.29, 0.717) is 37.9 Å². The van der Waals surface area contributed by atoms with Crippen molar-refractivity contribution in [1.29, 1.82) is 0 Å². The first-order valence-electron chi connectivity index (χ1n) is 18.1. The van der Waals surface area contributed by atoms with Crippen LogP contribution in [-0.4, -0.2) is 95.1 Å². The summed E-state index contributed by atoms with van der Waals surface area (Å²) in [6.07, 6.45) is 4.09. The Morgan fingerprint density at radius 2 is 1.65 bits per heavy atom. The summed E-state index contributed by atoms with van der Waals surface area (Å²) in [6, 6.07) is 5.38. The van der Waals surface area contributed by atoms with Crippen molar-refractivity contribution in [1.82, 2.24) is 20.4 Å². The minimum absolute atomic E-state index is 0.0150. The number of rotatable bonds is 22. The van der Waals surface area contributed by atoms with Crippen molar-refractivity contribution in [3.8, 4) is 0 Å². The molecule has 0 aromatic heterocycles. The number of carbonyl (C=O) groups excluding carboxylic acids is 7. The van der Waals surface area contributed by atoms with Gasteiger partial charge >= 0.3 is 12.1 Å². The highest BCUT2D eigenvalue weighted by Crippen LogP contribution is 2.24. The van der Waals surface area contributed by atoms with Crippen LogP contribution in [0.5, 0.6) is 0 Å². The molecule has 5 N–H and O–H groups in total. The van der Waals surface area contributed by atoms with E-state index in [9.17, 15) is 33.6 Å². The number of thioether (sulfide) groups is 1.